The van der Waals surface area contributed by atoms with Crippen molar-refractivity contribution in [3.63, 3.8) is 0 Å². The van der Waals surface area contributed by atoms with Gasteiger partial charge in [0.1, 0.15) is 5.78 Å². The first-order valence-electron chi connectivity index (χ1n) is 7.27. The Labute approximate surface area is 115 Å². The summed E-state index contributed by atoms with van der Waals surface area (Å²) in [7, 11) is 0. The minimum absolute atomic E-state index is 0.0283. The molecule has 3 nitrogen and oxygen atoms in total. The molecule has 0 aliphatic heterocycles. The van der Waals surface area contributed by atoms with Crippen LogP contribution in [0.4, 0.5) is 0 Å². The third-order valence-corrected chi connectivity index (χ3v) is 4.13. The summed E-state index contributed by atoms with van der Waals surface area (Å²) >= 11 is 0. The number of esters is 1. The van der Waals surface area contributed by atoms with Crippen molar-refractivity contribution < 1.29 is 14.3 Å². The van der Waals surface area contributed by atoms with Crippen molar-refractivity contribution in [1.29, 1.82) is 0 Å². The lowest BCUT2D eigenvalue weighted by molar-refractivity contribution is -0.145. The molecule has 2 atom stereocenters. The van der Waals surface area contributed by atoms with Gasteiger partial charge in [-0.3, -0.25) is 9.59 Å². The lowest BCUT2D eigenvalue weighted by atomic mass is 9.77. The Morgan fingerprint density at radius 1 is 1.26 bits per heavy atom. The van der Waals surface area contributed by atoms with Crippen LogP contribution in [-0.2, 0) is 14.3 Å². The third-order valence-electron chi connectivity index (χ3n) is 4.13. The van der Waals surface area contributed by atoms with Crippen LogP contribution in [0.5, 0.6) is 0 Å². The molecule has 2 rings (SSSR count). The summed E-state index contributed by atoms with van der Waals surface area (Å²) in [5, 5.41) is 0. The summed E-state index contributed by atoms with van der Waals surface area (Å²) in [6.45, 7) is 3.88. The van der Waals surface area contributed by atoms with Crippen LogP contribution in [0.2, 0.25) is 0 Å². The van der Waals surface area contributed by atoms with E-state index in [-0.39, 0.29) is 23.6 Å². The van der Waals surface area contributed by atoms with Gasteiger partial charge in [-0.15, -0.1) is 0 Å². The number of carbonyl (C=O) groups excluding carboxylic acids is 2. The van der Waals surface area contributed by atoms with Crippen LogP contribution < -0.4 is 0 Å². The largest absolute Gasteiger partial charge is 0.466 e. The molecule has 104 valence electrons. The molecule has 0 aromatic rings. The standard InChI is InChI=1S/C16H22O3/c1-3-19-16(18)15-10-6-9-14(15)13-8-5-4-7-12(13)11(2)17/h12,15H,3-9H2,1-2H3. The fourth-order valence-electron chi connectivity index (χ4n) is 3.26. The highest BCUT2D eigenvalue weighted by Crippen LogP contribution is 2.41. The van der Waals surface area contributed by atoms with E-state index in [2.05, 4.69) is 6.42 Å². The van der Waals surface area contributed by atoms with Gasteiger partial charge in [0.25, 0.3) is 0 Å². The van der Waals surface area contributed by atoms with E-state index in [1.54, 1.807) is 6.92 Å². The zero-order valence-corrected chi connectivity index (χ0v) is 11.8. The van der Waals surface area contributed by atoms with Gasteiger partial charge in [-0.25, -0.2) is 0 Å². The SMILES string of the molecule is CCOC(=O)C1[C]CCC1=C1CCCCC1C(C)=O. The summed E-state index contributed by atoms with van der Waals surface area (Å²) in [6, 6.07) is 0. The van der Waals surface area contributed by atoms with Gasteiger partial charge in [-0.1, -0.05) is 17.6 Å². The second-order valence-electron chi connectivity index (χ2n) is 5.35. The van der Waals surface area contributed by atoms with Crippen molar-refractivity contribution in [1.82, 2.24) is 0 Å². The monoisotopic (exact) mass is 262 g/mol. The molecule has 2 radical (unpaired) electrons. The zero-order valence-electron chi connectivity index (χ0n) is 11.8. The molecule has 2 saturated carbocycles. The number of Topliss-reactive ketones (excluding diaryl/α,β-unsaturated/α-hetero) is 1. The number of rotatable bonds is 3. The predicted molar refractivity (Wildman–Crippen MR) is 72.3 cm³/mol. The summed E-state index contributed by atoms with van der Waals surface area (Å²) in [5.74, 6) is -0.262. The Bertz CT molecular complexity index is 395. The highest BCUT2D eigenvalue weighted by molar-refractivity contribution is 5.83. The van der Waals surface area contributed by atoms with Gasteiger partial charge in [-0.2, -0.15) is 0 Å². The van der Waals surface area contributed by atoms with Crippen molar-refractivity contribution in [2.24, 2.45) is 11.8 Å². The summed E-state index contributed by atoms with van der Waals surface area (Å²) in [5.41, 5.74) is 2.33. The molecule has 2 unspecified atom stereocenters. The van der Waals surface area contributed by atoms with Crippen molar-refractivity contribution in [3.8, 4) is 0 Å². The molecule has 0 amide bonds. The molecule has 0 heterocycles. The van der Waals surface area contributed by atoms with Crippen LogP contribution in [0.3, 0.4) is 0 Å². The van der Waals surface area contributed by atoms with Crippen LogP contribution in [0, 0.1) is 18.3 Å². The fraction of sp³-hybridized carbons (Fsp3) is 0.688. The molecule has 3 heteroatoms. The molecule has 0 bridgehead atoms. The Hall–Kier alpha value is -1.12. The maximum Gasteiger partial charge on any atom is 0.313 e. The van der Waals surface area contributed by atoms with Crippen molar-refractivity contribution >= 4 is 11.8 Å². The topological polar surface area (TPSA) is 43.4 Å². The molecular weight excluding hydrogens is 240 g/mol. The molecule has 0 spiro atoms. The lowest BCUT2D eigenvalue weighted by Gasteiger charge is -2.27. The van der Waals surface area contributed by atoms with Gasteiger partial charge < -0.3 is 4.74 Å². The maximum absolute atomic E-state index is 12.0. The van der Waals surface area contributed by atoms with E-state index in [0.717, 1.165) is 44.1 Å². The molecule has 0 N–H and O–H groups in total. The molecule has 2 aliphatic rings. The zero-order chi connectivity index (χ0) is 13.8. The normalized spacial score (nSPS) is 31.3. The highest BCUT2D eigenvalue weighted by atomic mass is 16.5. The minimum Gasteiger partial charge on any atom is -0.466 e. The number of hydrogen-bond donors (Lipinski definition) is 0. The van der Waals surface area contributed by atoms with Crippen LogP contribution in [0.25, 0.3) is 0 Å². The van der Waals surface area contributed by atoms with Crippen molar-refractivity contribution in [2.45, 2.75) is 52.4 Å². The van der Waals surface area contributed by atoms with Crippen LogP contribution >= 0.6 is 0 Å². The first-order valence-corrected chi connectivity index (χ1v) is 7.27. The predicted octanol–water partition coefficient (Wildman–Crippen LogP) is 3.12. The number of allylic oxidation sites excluding steroid dienone is 1. The molecule has 0 saturated heterocycles. The van der Waals surface area contributed by atoms with E-state index >= 15 is 0 Å². The number of ketones is 1. The van der Waals surface area contributed by atoms with E-state index in [1.165, 1.54) is 5.57 Å². The fourth-order valence-corrected chi connectivity index (χ4v) is 3.26. The molecule has 19 heavy (non-hydrogen) atoms. The van der Waals surface area contributed by atoms with Crippen molar-refractivity contribution in [3.05, 3.63) is 17.6 Å². The van der Waals surface area contributed by atoms with Gasteiger partial charge in [0.05, 0.1) is 12.5 Å². The average Bonchev–Trinajstić information content (AvgIpc) is 2.88. The van der Waals surface area contributed by atoms with Gasteiger partial charge >= 0.3 is 5.97 Å². The van der Waals surface area contributed by atoms with E-state index in [1.807, 2.05) is 6.92 Å². The molecule has 2 fully saturated rings. The second kappa shape index (κ2) is 6.36. The quantitative estimate of drug-likeness (QED) is 0.580. The number of carbonyl (C=O) groups is 2. The second-order valence-corrected chi connectivity index (χ2v) is 5.35. The lowest BCUT2D eigenvalue weighted by Crippen LogP contribution is -2.23. The summed E-state index contributed by atoms with van der Waals surface area (Å²) < 4.78 is 5.12. The van der Waals surface area contributed by atoms with E-state index in [0.29, 0.717) is 6.61 Å². The Kier molecular flexibility index (Phi) is 4.78. The third kappa shape index (κ3) is 3.07. The molecule has 2 aliphatic carbocycles. The van der Waals surface area contributed by atoms with Crippen LogP contribution in [0.1, 0.15) is 52.4 Å². The van der Waals surface area contributed by atoms with Crippen molar-refractivity contribution in [2.75, 3.05) is 6.61 Å². The van der Waals surface area contributed by atoms with Gasteiger partial charge in [0.15, 0.2) is 0 Å². The molecular formula is C16H22O3. The first-order chi connectivity index (χ1) is 9.15. The smallest absolute Gasteiger partial charge is 0.313 e. The van der Waals surface area contributed by atoms with Crippen LogP contribution in [-0.4, -0.2) is 18.4 Å². The van der Waals surface area contributed by atoms with Crippen LogP contribution in [0.15, 0.2) is 11.1 Å². The molecule has 0 aromatic carbocycles. The number of ether oxygens (including phenoxy) is 1. The Morgan fingerprint density at radius 3 is 2.74 bits per heavy atom. The van der Waals surface area contributed by atoms with E-state index in [4.69, 9.17) is 4.74 Å². The minimum atomic E-state index is -0.324. The van der Waals surface area contributed by atoms with Gasteiger partial charge in [-0.05, 0) is 46.0 Å². The van der Waals surface area contributed by atoms with E-state index < -0.39 is 0 Å². The average molecular weight is 262 g/mol. The van der Waals surface area contributed by atoms with E-state index in [9.17, 15) is 9.59 Å². The first kappa shape index (κ1) is 14.3. The summed E-state index contributed by atoms with van der Waals surface area (Å²) in [6.07, 6.45) is 8.99. The Morgan fingerprint density at radius 2 is 2.05 bits per heavy atom. The summed E-state index contributed by atoms with van der Waals surface area (Å²) in [4.78, 5) is 23.8. The molecule has 0 aromatic heterocycles. The highest BCUT2D eigenvalue weighted by Gasteiger charge is 2.35. The number of hydrogen-bond acceptors (Lipinski definition) is 3. The Balaban J connectivity index is 2.26. The maximum atomic E-state index is 12.0. The van der Waals surface area contributed by atoms with Gasteiger partial charge in [0.2, 0.25) is 0 Å². The van der Waals surface area contributed by atoms with Gasteiger partial charge in [0, 0.05) is 12.3 Å².